The molecule has 0 amide bonds. The monoisotopic (exact) mass is 357 g/mol. The summed E-state index contributed by atoms with van der Waals surface area (Å²) in [7, 11) is 0. The first-order chi connectivity index (χ1) is 9.79. The summed E-state index contributed by atoms with van der Waals surface area (Å²) >= 11 is 3.20. The summed E-state index contributed by atoms with van der Waals surface area (Å²) in [4.78, 5) is 6.48. The molecule has 108 valence electrons. The molecular weight excluding hydrogens is 351 g/mol. The van der Waals surface area contributed by atoms with E-state index in [0.29, 0.717) is 10.2 Å². The second kappa shape index (κ2) is 5.57. The second-order valence-electron chi connectivity index (χ2n) is 3.93. The Morgan fingerprint density at radius 1 is 1.24 bits per heavy atom. The molecule has 2 aromatic rings. The Morgan fingerprint density at radius 3 is 2.57 bits per heavy atom. The van der Waals surface area contributed by atoms with Gasteiger partial charge in [-0.15, -0.1) is 0 Å². The summed E-state index contributed by atoms with van der Waals surface area (Å²) in [6.07, 6.45) is -4.70. The number of nitrogens with zero attached hydrogens (tertiary/aromatic N) is 3. The molecule has 0 saturated carbocycles. The van der Waals surface area contributed by atoms with E-state index in [2.05, 4.69) is 31.2 Å². The topological polar surface area (TPSA) is 87.6 Å². The van der Waals surface area contributed by atoms with Crippen LogP contribution in [0.4, 0.5) is 30.5 Å². The van der Waals surface area contributed by atoms with Crippen LogP contribution in [0, 0.1) is 11.3 Å². The highest BCUT2D eigenvalue weighted by molar-refractivity contribution is 9.10. The molecule has 0 bridgehead atoms. The normalized spacial score (nSPS) is 11.0. The van der Waals surface area contributed by atoms with Gasteiger partial charge in [0.2, 0.25) is 5.82 Å². The second-order valence-corrected chi connectivity index (χ2v) is 4.84. The maximum atomic E-state index is 12.6. The summed E-state index contributed by atoms with van der Waals surface area (Å²) in [6.45, 7) is 0. The molecule has 5 nitrogen and oxygen atoms in total. The lowest BCUT2D eigenvalue weighted by molar-refractivity contribution is -0.144. The van der Waals surface area contributed by atoms with Gasteiger partial charge in [0.25, 0.3) is 0 Å². The number of nitrogens with two attached hydrogens (primary N) is 1. The molecule has 0 spiro atoms. The third kappa shape index (κ3) is 3.61. The van der Waals surface area contributed by atoms with Gasteiger partial charge >= 0.3 is 6.18 Å². The number of benzene rings is 1. The summed E-state index contributed by atoms with van der Waals surface area (Å²) in [5.74, 6) is -1.82. The molecule has 1 heterocycles. The lowest BCUT2D eigenvalue weighted by Gasteiger charge is -2.11. The third-order valence-electron chi connectivity index (χ3n) is 2.36. The van der Waals surface area contributed by atoms with Crippen molar-refractivity contribution in [2.45, 2.75) is 6.18 Å². The van der Waals surface area contributed by atoms with Gasteiger partial charge in [-0.3, -0.25) is 0 Å². The first-order valence-corrected chi connectivity index (χ1v) is 6.27. The molecular formula is C12H7BrF3N5. The van der Waals surface area contributed by atoms with E-state index in [-0.39, 0.29) is 17.2 Å². The van der Waals surface area contributed by atoms with E-state index in [4.69, 9.17) is 11.0 Å². The van der Waals surface area contributed by atoms with E-state index in [0.717, 1.165) is 6.07 Å². The quantitative estimate of drug-likeness (QED) is 0.859. The van der Waals surface area contributed by atoms with Crippen molar-refractivity contribution in [3.05, 3.63) is 40.1 Å². The number of nitrogen functional groups attached to an aromatic ring is 1. The van der Waals surface area contributed by atoms with Crippen LogP contribution in [0.1, 0.15) is 11.4 Å². The van der Waals surface area contributed by atoms with Crippen LogP contribution >= 0.6 is 15.9 Å². The highest BCUT2D eigenvalue weighted by Gasteiger charge is 2.35. The zero-order chi connectivity index (χ0) is 15.6. The number of alkyl halides is 3. The Morgan fingerprint density at radius 2 is 1.95 bits per heavy atom. The van der Waals surface area contributed by atoms with Crippen molar-refractivity contribution in [2.75, 3.05) is 11.1 Å². The van der Waals surface area contributed by atoms with E-state index in [1.54, 1.807) is 6.07 Å². The first-order valence-electron chi connectivity index (χ1n) is 5.48. The van der Waals surface area contributed by atoms with Gasteiger partial charge in [0, 0.05) is 10.5 Å². The summed E-state index contributed by atoms with van der Waals surface area (Å²) < 4.78 is 38.5. The Balaban J connectivity index is 2.41. The van der Waals surface area contributed by atoms with Gasteiger partial charge in [-0.2, -0.15) is 18.4 Å². The van der Waals surface area contributed by atoms with Crippen molar-refractivity contribution in [3.8, 4) is 6.07 Å². The minimum atomic E-state index is -4.70. The molecule has 3 N–H and O–H groups in total. The van der Waals surface area contributed by atoms with Crippen LogP contribution in [-0.4, -0.2) is 9.97 Å². The standard InChI is InChI=1S/C12H7BrF3N5/c13-7-1-2-8(6(3-7)5-17)19-10-4-9(18)20-11(21-10)12(14,15)16/h1-4H,(H3,18,19,20,21). The molecule has 0 unspecified atom stereocenters. The molecule has 21 heavy (non-hydrogen) atoms. The molecule has 0 radical (unpaired) electrons. The van der Waals surface area contributed by atoms with Gasteiger partial charge in [-0.25, -0.2) is 9.97 Å². The van der Waals surface area contributed by atoms with Gasteiger partial charge in [-0.05, 0) is 18.2 Å². The average Bonchev–Trinajstić information content (AvgIpc) is 2.39. The average molecular weight is 358 g/mol. The molecule has 1 aromatic carbocycles. The van der Waals surface area contributed by atoms with Crippen LogP contribution in [0.25, 0.3) is 0 Å². The fourth-order valence-corrected chi connectivity index (χ4v) is 1.87. The van der Waals surface area contributed by atoms with Crippen LogP contribution in [0.3, 0.4) is 0 Å². The SMILES string of the molecule is N#Cc1cc(Br)ccc1Nc1cc(N)nc(C(F)(F)F)n1. The fourth-order valence-electron chi connectivity index (χ4n) is 1.51. The highest BCUT2D eigenvalue weighted by Crippen LogP contribution is 2.29. The number of hydrogen-bond donors (Lipinski definition) is 2. The van der Waals surface area contributed by atoms with E-state index in [9.17, 15) is 13.2 Å². The summed E-state index contributed by atoms with van der Waals surface area (Å²) in [6, 6.07) is 7.78. The molecule has 9 heteroatoms. The number of anilines is 3. The van der Waals surface area contributed by atoms with Gasteiger partial charge in [0.15, 0.2) is 0 Å². The predicted molar refractivity (Wildman–Crippen MR) is 73.6 cm³/mol. The molecule has 0 aliphatic carbocycles. The Bertz CT molecular complexity index is 724. The maximum absolute atomic E-state index is 12.6. The zero-order valence-electron chi connectivity index (χ0n) is 10.2. The van der Waals surface area contributed by atoms with Crippen LogP contribution in [0.2, 0.25) is 0 Å². The molecule has 1 aromatic heterocycles. The van der Waals surface area contributed by atoms with Crippen molar-refractivity contribution in [3.63, 3.8) is 0 Å². The van der Waals surface area contributed by atoms with Crippen molar-refractivity contribution < 1.29 is 13.2 Å². The van der Waals surface area contributed by atoms with Gasteiger partial charge in [-0.1, -0.05) is 15.9 Å². The number of halogens is 4. The summed E-state index contributed by atoms with van der Waals surface area (Å²) in [5, 5.41) is 11.6. The summed E-state index contributed by atoms with van der Waals surface area (Å²) in [5.41, 5.74) is 5.90. The molecule has 0 saturated heterocycles. The predicted octanol–water partition coefficient (Wildman–Crippen LogP) is 3.46. The number of rotatable bonds is 2. The van der Waals surface area contributed by atoms with E-state index < -0.39 is 12.0 Å². The van der Waals surface area contributed by atoms with Crippen LogP contribution in [0.15, 0.2) is 28.7 Å². The van der Waals surface area contributed by atoms with Crippen molar-refractivity contribution >= 4 is 33.3 Å². The van der Waals surface area contributed by atoms with Gasteiger partial charge < -0.3 is 11.1 Å². The van der Waals surface area contributed by atoms with Crippen molar-refractivity contribution in [2.24, 2.45) is 0 Å². The Labute approximate surface area is 125 Å². The largest absolute Gasteiger partial charge is 0.451 e. The Kier molecular flexibility index (Phi) is 3.99. The van der Waals surface area contributed by atoms with E-state index >= 15 is 0 Å². The van der Waals surface area contributed by atoms with Crippen LogP contribution in [0.5, 0.6) is 0 Å². The molecule has 0 aliphatic rings. The smallest absolute Gasteiger partial charge is 0.384 e. The molecule has 0 atom stereocenters. The first kappa shape index (κ1) is 15.1. The maximum Gasteiger partial charge on any atom is 0.451 e. The van der Waals surface area contributed by atoms with E-state index in [1.165, 1.54) is 12.1 Å². The van der Waals surface area contributed by atoms with Crippen LogP contribution < -0.4 is 11.1 Å². The van der Waals surface area contributed by atoms with E-state index in [1.807, 2.05) is 6.07 Å². The third-order valence-corrected chi connectivity index (χ3v) is 2.86. The van der Waals surface area contributed by atoms with Gasteiger partial charge in [0.1, 0.15) is 17.7 Å². The Hall–Kier alpha value is -2.34. The minimum absolute atomic E-state index is 0.145. The number of hydrogen-bond acceptors (Lipinski definition) is 5. The van der Waals surface area contributed by atoms with Crippen LogP contribution in [-0.2, 0) is 6.18 Å². The fraction of sp³-hybridized carbons (Fsp3) is 0.0833. The lowest BCUT2D eigenvalue weighted by atomic mass is 10.2. The zero-order valence-corrected chi connectivity index (χ0v) is 11.8. The van der Waals surface area contributed by atoms with Crippen molar-refractivity contribution in [1.29, 1.82) is 5.26 Å². The molecule has 0 fully saturated rings. The van der Waals surface area contributed by atoms with Crippen molar-refractivity contribution in [1.82, 2.24) is 9.97 Å². The lowest BCUT2D eigenvalue weighted by Crippen LogP contribution is -2.13. The highest BCUT2D eigenvalue weighted by atomic mass is 79.9. The number of nitriles is 1. The number of nitrogens with one attached hydrogen (secondary N) is 1. The van der Waals surface area contributed by atoms with Gasteiger partial charge in [0.05, 0.1) is 11.3 Å². The minimum Gasteiger partial charge on any atom is -0.384 e. The molecule has 0 aliphatic heterocycles. The number of aromatic nitrogens is 2. The molecule has 2 rings (SSSR count).